The Bertz CT molecular complexity index is 4440. The van der Waals surface area contributed by atoms with Crippen molar-refractivity contribution in [2.24, 2.45) is 10.9 Å². The Morgan fingerprint density at radius 3 is 2.12 bits per heavy atom. The third-order valence-electron chi connectivity index (χ3n) is 15.0. The van der Waals surface area contributed by atoms with Gasteiger partial charge in [0.1, 0.15) is 22.3 Å². The van der Waals surface area contributed by atoms with Gasteiger partial charge in [0.05, 0.1) is 28.1 Å². The molecular formula is C65H42N2O2. The number of fused-ring (bicyclic) bond motifs is 17. The smallest absolute Gasteiger partial charge is 0.144 e. The van der Waals surface area contributed by atoms with Crippen molar-refractivity contribution >= 4 is 104 Å². The second-order valence-corrected chi connectivity index (χ2v) is 19.0. The summed E-state index contributed by atoms with van der Waals surface area (Å²) in [6, 6.07) is 72.9. The van der Waals surface area contributed by atoms with Gasteiger partial charge in [0.2, 0.25) is 0 Å². The van der Waals surface area contributed by atoms with Crippen LogP contribution < -0.4 is 0 Å². The highest BCUT2D eigenvalue weighted by molar-refractivity contribution is 6.22. The number of aromatic nitrogens is 1. The number of nitrogens with zero attached hydrogens (tertiary/aromatic N) is 2. The molecule has 324 valence electrons. The van der Waals surface area contributed by atoms with Gasteiger partial charge in [-0.15, -0.1) is 0 Å². The lowest BCUT2D eigenvalue weighted by atomic mass is 9.83. The second kappa shape index (κ2) is 14.6. The number of allylic oxidation sites excluding steroid dienone is 3. The molecule has 0 spiro atoms. The van der Waals surface area contributed by atoms with Gasteiger partial charge in [-0.1, -0.05) is 159 Å². The topological polar surface area (TPSA) is 43.6 Å². The van der Waals surface area contributed by atoms with E-state index in [9.17, 15) is 0 Å². The molecule has 4 heteroatoms. The number of para-hydroxylation sites is 2. The number of benzene rings is 10. The lowest BCUT2D eigenvalue weighted by Crippen LogP contribution is -2.16. The first kappa shape index (κ1) is 38.4. The predicted octanol–water partition coefficient (Wildman–Crippen LogP) is 17.4. The number of aliphatic imine (C=N–C) groups is 1. The van der Waals surface area contributed by atoms with Gasteiger partial charge in [0.15, 0.2) is 0 Å². The lowest BCUT2D eigenvalue weighted by Gasteiger charge is -2.25. The first-order valence-corrected chi connectivity index (χ1v) is 24.0. The van der Waals surface area contributed by atoms with E-state index in [1.165, 1.54) is 65.6 Å². The normalized spacial score (nSPS) is 16.2. The van der Waals surface area contributed by atoms with Crippen LogP contribution in [0, 0.1) is 5.92 Å². The summed E-state index contributed by atoms with van der Waals surface area (Å²) < 4.78 is 16.2. The molecule has 1 unspecified atom stereocenters. The zero-order valence-corrected chi connectivity index (χ0v) is 37.8. The molecule has 2 bridgehead atoms. The summed E-state index contributed by atoms with van der Waals surface area (Å²) in [6.45, 7) is 2.33. The van der Waals surface area contributed by atoms with Crippen molar-refractivity contribution in [3.05, 3.63) is 234 Å². The van der Waals surface area contributed by atoms with Crippen molar-refractivity contribution in [2.45, 2.75) is 19.8 Å². The van der Waals surface area contributed by atoms with Gasteiger partial charge < -0.3 is 13.4 Å². The van der Waals surface area contributed by atoms with E-state index in [-0.39, 0.29) is 5.92 Å². The molecule has 0 fully saturated rings. The molecule has 2 aliphatic rings. The molecule has 4 nitrogen and oxygen atoms in total. The van der Waals surface area contributed by atoms with Crippen molar-refractivity contribution in [3.63, 3.8) is 0 Å². The van der Waals surface area contributed by atoms with Crippen molar-refractivity contribution in [1.29, 1.82) is 0 Å². The van der Waals surface area contributed by atoms with Gasteiger partial charge in [-0.05, 0) is 104 Å². The van der Waals surface area contributed by atoms with Crippen LogP contribution >= 0.6 is 0 Å². The fraction of sp³-hybridized carbons (Fsp3) is 0.0615. The van der Waals surface area contributed by atoms with Crippen LogP contribution in [0.4, 0.5) is 0 Å². The molecule has 5 heterocycles. The summed E-state index contributed by atoms with van der Waals surface area (Å²) in [5.74, 6) is 0.0372. The molecule has 69 heavy (non-hydrogen) atoms. The van der Waals surface area contributed by atoms with Gasteiger partial charge in [-0.3, -0.25) is 4.99 Å². The van der Waals surface area contributed by atoms with E-state index in [4.69, 9.17) is 13.8 Å². The Morgan fingerprint density at radius 2 is 1.22 bits per heavy atom. The van der Waals surface area contributed by atoms with E-state index in [1.54, 1.807) is 0 Å². The van der Waals surface area contributed by atoms with Gasteiger partial charge in [0, 0.05) is 67.4 Å². The third-order valence-corrected chi connectivity index (χ3v) is 15.0. The minimum Gasteiger partial charge on any atom is -0.456 e. The zero-order chi connectivity index (χ0) is 45.3. The van der Waals surface area contributed by atoms with Crippen LogP contribution in [-0.2, 0) is 6.42 Å². The lowest BCUT2D eigenvalue weighted by molar-refractivity contribution is 0.666. The molecule has 0 saturated heterocycles. The molecule has 0 N–H and O–H groups in total. The van der Waals surface area contributed by atoms with Gasteiger partial charge in [-0.2, -0.15) is 0 Å². The van der Waals surface area contributed by atoms with Crippen LogP contribution in [0.2, 0.25) is 0 Å². The number of hydrogen-bond donors (Lipinski definition) is 0. The van der Waals surface area contributed by atoms with Gasteiger partial charge in [-0.25, -0.2) is 0 Å². The van der Waals surface area contributed by atoms with Crippen molar-refractivity contribution in [1.82, 2.24) is 4.57 Å². The predicted molar refractivity (Wildman–Crippen MR) is 288 cm³/mol. The standard InChI is InChI=1S/C65H42N2O2/c1-38-25-28-47-53-36-55-61(68-60-30-27-41-15-7-8-20-46(41)62(55)60)37-58(53)67-56-32-39(26-29-48(56)52-34-43-16-5-6-17-44(43)35-57(52)67)31-54(47)64(45-19-11-18-42(33-45)40-13-3-2-4-14-40)66-63(38)51-23-12-22-50-49-21-9-10-24-59(49)69-65(50)51/h2-24,26-30,32-38H,25,31H2,1H3/b47-28?,64-54-,66-63?. The van der Waals surface area contributed by atoms with E-state index >= 15 is 0 Å². The first-order chi connectivity index (χ1) is 34.1. The van der Waals surface area contributed by atoms with Gasteiger partial charge >= 0.3 is 0 Å². The van der Waals surface area contributed by atoms with Crippen LogP contribution in [0.15, 0.2) is 226 Å². The second-order valence-electron chi connectivity index (χ2n) is 19.0. The SMILES string of the molecule is CC1CC=C2/C(=C(/c3cccc(-c4ccccc4)c3)N=C1c1cccc3c1oc1ccccc13)Cc1ccc3c4cc5ccccc5cc4n(c3c1)-c1cc3oc4ccc5ccccc5c4c3cc12. The number of hydrogen-bond acceptors (Lipinski definition) is 3. The van der Waals surface area contributed by atoms with Crippen molar-refractivity contribution in [3.8, 4) is 16.8 Å². The quantitative estimate of drug-likeness (QED) is 0.177. The largest absolute Gasteiger partial charge is 0.456 e. The first-order valence-electron chi connectivity index (χ1n) is 24.0. The Labute approximate surface area is 397 Å². The summed E-state index contributed by atoms with van der Waals surface area (Å²) in [7, 11) is 0. The average Bonchev–Trinajstić information content (AvgIpc) is 4.07. The highest BCUT2D eigenvalue weighted by Gasteiger charge is 2.30. The van der Waals surface area contributed by atoms with Crippen molar-refractivity contribution in [2.75, 3.05) is 0 Å². The van der Waals surface area contributed by atoms with Crippen LogP contribution in [0.1, 0.15) is 35.6 Å². The van der Waals surface area contributed by atoms with Crippen LogP contribution in [0.5, 0.6) is 0 Å². The summed E-state index contributed by atoms with van der Waals surface area (Å²) in [5, 5.41) is 11.8. The fourth-order valence-electron chi connectivity index (χ4n) is 11.7. The van der Waals surface area contributed by atoms with Gasteiger partial charge in [0.25, 0.3) is 0 Å². The molecule has 10 aromatic carbocycles. The Hall–Kier alpha value is -8.73. The average molecular weight is 883 g/mol. The molecule has 13 aromatic rings. The van der Waals surface area contributed by atoms with E-state index in [0.717, 1.165) is 89.6 Å². The molecule has 0 amide bonds. The third kappa shape index (κ3) is 5.79. The molecule has 1 atom stereocenters. The van der Waals surface area contributed by atoms with E-state index in [2.05, 4.69) is 212 Å². The Kier molecular flexibility index (Phi) is 8.14. The van der Waals surface area contributed by atoms with Crippen LogP contribution in [0.3, 0.4) is 0 Å². The zero-order valence-electron chi connectivity index (χ0n) is 37.8. The molecule has 2 aliphatic heterocycles. The molecule has 15 rings (SSSR count). The van der Waals surface area contributed by atoms with Crippen LogP contribution in [-0.4, -0.2) is 10.3 Å². The molecule has 0 radical (unpaired) electrons. The number of furan rings is 2. The minimum absolute atomic E-state index is 0.0372. The van der Waals surface area contributed by atoms with Crippen molar-refractivity contribution < 1.29 is 8.83 Å². The maximum Gasteiger partial charge on any atom is 0.144 e. The maximum atomic E-state index is 6.93. The maximum absolute atomic E-state index is 6.93. The highest BCUT2D eigenvalue weighted by Crippen LogP contribution is 2.47. The molecule has 0 saturated carbocycles. The summed E-state index contributed by atoms with van der Waals surface area (Å²) >= 11 is 0. The van der Waals surface area contributed by atoms with E-state index in [0.29, 0.717) is 6.42 Å². The van der Waals surface area contributed by atoms with E-state index < -0.39 is 0 Å². The minimum atomic E-state index is 0.0372. The molecule has 0 aliphatic carbocycles. The molecular weight excluding hydrogens is 841 g/mol. The Balaban J connectivity index is 1.09. The Morgan fingerprint density at radius 1 is 0.478 bits per heavy atom. The fourth-order valence-corrected chi connectivity index (χ4v) is 11.7. The summed E-state index contributed by atoms with van der Waals surface area (Å²) in [5.41, 5.74) is 18.1. The highest BCUT2D eigenvalue weighted by atomic mass is 16.3. The summed E-state index contributed by atoms with van der Waals surface area (Å²) in [6.07, 6.45) is 3.96. The van der Waals surface area contributed by atoms with E-state index in [1.807, 2.05) is 6.07 Å². The monoisotopic (exact) mass is 882 g/mol. The summed E-state index contributed by atoms with van der Waals surface area (Å²) in [4.78, 5) is 6.04. The number of rotatable bonds is 3. The molecule has 3 aromatic heterocycles. The van der Waals surface area contributed by atoms with Crippen LogP contribution in [0.25, 0.3) is 115 Å².